The van der Waals surface area contributed by atoms with Crippen molar-refractivity contribution >= 4 is 0 Å². The summed E-state index contributed by atoms with van der Waals surface area (Å²) in [7, 11) is 0. The van der Waals surface area contributed by atoms with E-state index in [0.29, 0.717) is 12.0 Å². The van der Waals surface area contributed by atoms with Gasteiger partial charge in [-0.05, 0) is 30.4 Å². The molecule has 0 fully saturated rings. The SMILES string of the molecule is CCCCCCCC(C)(CCCCC)COCc1ccco1. The Morgan fingerprint density at radius 2 is 1.59 bits per heavy atom. The van der Waals surface area contributed by atoms with E-state index in [-0.39, 0.29) is 0 Å². The molecule has 0 aliphatic rings. The Balaban J connectivity index is 2.31. The normalized spacial score (nSPS) is 14.1. The van der Waals surface area contributed by atoms with E-state index in [1.165, 1.54) is 64.2 Å². The van der Waals surface area contributed by atoms with Gasteiger partial charge in [-0.2, -0.15) is 0 Å². The lowest BCUT2D eigenvalue weighted by molar-refractivity contribution is 0.0229. The summed E-state index contributed by atoms with van der Waals surface area (Å²) in [6.45, 7) is 8.41. The molecule has 128 valence electrons. The fraction of sp³-hybridized carbons (Fsp3) is 0.800. The third-order valence-electron chi connectivity index (χ3n) is 4.54. The number of unbranched alkanes of at least 4 members (excludes halogenated alkanes) is 6. The van der Waals surface area contributed by atoms with Gasteiger partial charge in [0, 0.05) is 0 Å². The summed E-state index contributed by atoms with van der Waals surface area (Å²) < 4.78 is 11.3. The van der Waals surface area contributed by atoms with Gasteiger partial charge >= 0.3 is 0 Å². The maximum Gasteiger partial charge on any atom is 0.129 e. The van der Waals surface area contributed by atoms with Crippen LogP contribution in [0.25, 0.3) is 0 Å². The van der Waals surface area contributed by atoms with Gasteiger partial charge in [0.1, 0.15) is 12.4 Å². The van der Waals surface area contributed by atoms with Gasteiger partial charge in [0.25, 0.3) is 0 Å². The fourth-order valence-electron chi connectivity index (χ4n) is 3.02. The molecule has 1 aromatic rings. The van der Waals surface area contributed by atoms with Crippen molar-refractivity contribution in [3.63, 3.8) is 0 Å². The van der Waals surface area contributed by atoms with Crippen molar-refractivity contribution in [1.82, 2.24) is 0 Å². The van der Waals surface area contributed by atoms with Crippen molar-refractivity contribution in [3.8, 4) is 0 Å². The molecule has 0 saturated heterocycles. The first kappa shape index (κ1) is 19.3. The van der Waals surface area contributed by atoms with E-state index in [0.717, 1.165) is 12.4 Å². The molecule has 0 radical (unpaired) electrons. The average molecular weight is 309 g/mol. The maximum absolute atomic E-state index is 5.96. The zero-order valence-electron chi connectivity index (χ0n) is 15.0. The second kappa shape index (κ2) is 11.8. The van der Waals surface area contributed by atoms with Crippen molar-refractivity contribution in [2.24, 2.45) is 5.41 Å². The Labute approximate surface area is 137 Å². The second-order valence-corrected chi connectivity index (χ2v) is 7.00. The Kier molecular flexibility index (Phi) is 10.3. The third kappa shape index (κ3) is 8.63. The molecule has 1 rings (SSSR count). The molecule has 1 unspecified atom stereocenters. The van der Waals surface area contributed by atoms with Gasteiger partial charge in [0.2, 0.25) is 0 Å². The van der Waals surface area contributed by atoms with Crippen LogP contribution in [-0.2, 0) is 11.3 Å². The summed E-state index contributed by atoms with van der Waals surface area (Å²) in [6, 6.07) is 3.91. The summed E-state index contributed by atoms with van der Waals surface area (Å²) >= 11 is 0. The number of rotatable bonds is 14. The van der Waals surface area contributed by atoms with Gasteiger partial charge in [-0.15, -0.1) is 0 Å². The highest BCUT2D eigenvalue weighted by atomic mass is 16.5. The first-order valence-electron chi connectivity index (χ1n) is 9.30. The molecule has 0 aliphatic heterocycles. The molecule has 0 amide bonds. The summed E-state index contributed by atoms with van der Waals surface area (Å²) in [5.74, 6) is 0.929. The number of hydrogen-bond acceptors (Lipinski definition) is 2. The summed E-state index contributed by atoms with van der Waals surface area (Å²) in [6.07, 6.45) is 15.0. The van der Waals surface area contributed by atoms with Gasteiger partial charge in [0.15, 0.2) is 0 Å². The molecule has 1 heterocycles. The van der Waals surface area contributed by atoms with Crippen LogP contribution in [0.4, 0.5) is 0 Å². The number of furan rings is 1. The van der Waals surface area contributed by atoms with E-state index in [9.17, 15) is 0 Å². The molecule has 0 spiro atoms. The fourth-order valence-corrected chi connectivity index (χ4v) is 3.02. The van der Waals surface area contributed by atoms with Crippen LogP contribution in [-0.4, -0.2) is 6.61 Å². The van der Waals surface area contributed by atoms with E-state index < -0.39 is 0 Å². The second-order valence-electron chi connectivity index (χ2n) is 7.00. The van der Waals surface area contributed by atoms with E-state index in [1.54, 1.807) is 6.26 Å². The highest BCUT2D eigenvalue weighted by Crippen LogP contribution is 2.32. The lowest BCUT2D eigenvalue weighted by Crippen LogP contribution is -2.23. The molecular weight excluding hydrogens is 272 g/mol. The third-order valence-corrected chi connectivity index (χ3v) is 4.54. The predicted octanol–water partition coefficient (Wildman–Crippen LogP) is 6.74. The number of hydrogen-bond donors (Lipinski definition) is 0. The first-order chi connectivity index (χ1) is 10.7. The van der Waals surface area contributed by atoms with Gasteiger partial charge in [-0.1, -0.05) is 72.1 Å². The van der Waals surface area contributed by atoms with E-state index >= 15 is 0 Å². The minimum Gasteiger partial charge on any atom is -0.467 e. The highest BCUT2D eigenvalue weighted by Gasteiger charge is 2.23. The van der Waals surface area contributed by atoms with Crippen LogP contribution < -0.4 is 0 Å². The maximum atomic E-state index is 5.96. The molecule has 0 saturated carbocycles. The van der Waals surface area contributed by atoms with Crippen LogP contribution in [0.1, 0.15) is 90.7 Å². The Hall–Kier alpha value is -0.760. The summed E-state index contributed by atoms with van der Waals surface area (Å²) in [4.78, 5) is 0. The topological polar surface area (TPSA) is 22.4 Å². The molecule has 1 aromatic heterocycles. The van der Waals surface area contributed by atoms with E-state index in [1.807, 2.05) is 12.1 Å². The van der Waals surface area contributed by atoms with Gasteiger partial charge < -0.3 is 9.15 Å². The molecule has 0 bridgehead atoms. The molecule has 0 aromatic carbocycles. The van der Waals surface area contributed by atoms with Crippen molar-refractivity contribution in [2.75, 3.05) is 6.61 Å². The molecule has 2 nitrogen and oxygen atoms in total. The molecule has 2 heteroatoms. The average Bonchev–Trinajstić information content (AvgIpc) is 3.01. The van der Waals surface area contributed by atoms with E-state index in [2.05, 4.69) is 20.8 Å². The highest BCUT2D eigenvalue weighted by molar-refractivity contribution is 4.96. The van der Waals surface area contributed by atoms with E-state index in [4.69, 9.17) is 9.15 Å². The monoisotopic (exact) mass is 308 g/mol. The minimum absolute atomic E-state index is 0.327. The van der Waals surface area contributed by atoms with Crippen LogP contribution in [0, 0.1) is 5.41 Å². The molecule has 1 atom stereocenters. The number of ether oxygens (including phenoxy) is 1. The molecule has 0 aliphatic carbocycles. The van der Waals surface area contributed by atoms with Crippen molar-refractivity contribution < 1.29 is 9.15 Å². The lowest BCUT2D eigenvalue weighted by Gasteiger charge is -2.29. The van der Waals surface area contributed by atoms with Crippen LogP contribution >= 0.6 is 0 Å². The van der Waals surface area contributed by atoms with Gasteiger partial charge in [-0.25, -0.2) is 0 Å². The Morgan fingerprint density at radius 1 is 0.955 bits per heavy atom. The van der Waals surface area contributed by atoms with Crippen molar-refractivity contribution in [1.29, 1.82) is 0 Å². The smallest absolute Gasteiger partial charge is 0.129 e. The molecular formula is C20H36O2. The molecule has 22 heavy (non-hydrogen) atoms. The minimum atomic E-state index is 0.327. The van der Waals surface area contributed by atoms with Crippen LogP contribution in [0.5, 0.6) is 0 Å². The predicted molar refractivity (Wildman–Crippen MR) is 94.0 cm³/mol. The Morgan fingerprint density at radius 3 is 2.23 bits per heavy atom. The van der Waals surface area contributed by atoms with Crippen LogP contribution in [0.15, 0.2) is 22.8 Å². The lowest BCUT2D eigenvalue weighted by atomic mass is 9.80. The van der Waals surface area contributed by atoms with Crippen LogP contribution in [0.3, 0.4) is 0 Å². The van der Waals surface area contributed by atoms with Gasteiger partial charge in [-0.3, -0.25) is 0 Å². The first-order valence-corrected chi connectivity index (χ1v) is 9.30. The summed E-state index contributed by atoms with van der Waals surface area (Å²) in [5, 5.41) is 0. The zero-order chi connectivity index (χ0) is 16.1. The summed E-state index contributed by atoms with van der Waals surface area (Å²) in [5.41, 5.74) is 0.327. The largest absolute Gasteiger partial charge is 0.467 e. The van der Waals surface area contributed by atoms with Crippen LogP contribution in [0.2, 0.25) is 0 Å². The van der Waals surface area contributed by atoms with Crippen molar-refractivity contribution in [3.05, 3.63) is 24.2 Å². The van der Waals surface area contributed by atoms with Gasteiger partial charge in [0.05, 0.1) is 12.9 Å². The standard InChI is InChI=1S/C20H36O2/c1-4-6-8-9-11-15-20(3,14-10-7-5-2)18-21-17-19-13-12-16-22-19/h12-13,16H,4-11,14-15,17-18H2,1-3H3. The van der Waals surface area contributed by atoms with Crippen molar-refractivity contribution in [2.45, 2.75) is 91.6 Å². The molecule has 0 N–H and O–H groups in total. The zero-order valence-corrected chi connectivity index (χ0v) is 15.0. The quantitative estimate of drug-likeness (QED) is 0.355. The Bertz CT molecular complexity index is 345.